The Morgan fingerprint density at radius 2 is 2.04 bits per heavy atom. The first kappa shape index (κ1) is 17.4. The van der Waals surface area contributed by atoms with Crippen LogP contribution < -0.4 is 11.3 Å². The zero-order valence-electron chi connectivity index (χ0n) is 14.1. The third-order valence-electron chi connectivity index (χ3n) is 3.76. The summed E-state index contributed by atoms with van der Waals surface area (Å²) in [5, 5.41) is 9.21. The number of aromatic amines is 1. The SMILES string of the molecule is Cc1nc(CSc2nnc(C(N)Cc3ccccc3)n2C)cc(=O)[nH]1. The Kier molecular flexibility index (Phi) is 5.30. The van der Waals surface area contributed by atoms with Crippen molar-refractivity contribution in [2.24, 2.45) is 12.8 Å². The molecule has 1 atom stereocenters. The molecule has 0 radical (unpaired) electrons. The van der Waals surface area contributed by atoms with E-state index in [0.29, 0.717) is 23.7 Å². The maximum Gasteiger partial charge on any atom is 0.251 e. The molecule has 25 heavy (non-hydrogen) atoms. The maximum atomic E-state index is 11.5. The van der Waals surface area contributed by atoms with Crippen molar-refractivity contribution in [2.45, 2.75) is 30.3 Å². The number of nitrogens with one attached hydrogen (secondary N) is 1. The molecule has 130 valence electrons. The summed E-state index contributed by atoms with van der Waals surface area (Å²) in [4.78, 5) is 18.5. The van der Waals surface area contributed by atoms with E-state index in [-0.39, 0.29) is 11.6 Å². The Morgan fingerprint density at radius 1 is 1.28 bits per heavy atom. The minimum absolute atomic E-state index is 0.147. The van der Waals surface area contributed by atoms with Crippen molar-refractivity contribution in [3.8, 4) is 0 Å². The molecule has 0 saturated heterocycles. The van der Waals surface area contributed by atoms with Crippen LogP contribution in [0.4, 0.5) is 0 Å². The minimum atomic E-state index is -0.228. The highest BCUT2D eigenvalue weighted by Crippen LogP contribution is 2.22. The topological polar surface area (TPSA) is 102 Å². The molecule has 0 aliphatic rings. The average molecular weight is 356 g/mol. The highest BCUT2D eigenvalue weighted by atomic mass is 32.2. The van der Waals surface area contributed by atoms with Crippen molar-refractivity contribution >= 4 is 11.8 Å². The molecule has 0 amide bonds. The van der Waals surface area contributed by atoms with Crippen molar-refractivity contribution in [3.05, 3.63) is 69.7 Å². The Bertz CT molecular complexity index is 905. The number of aromatic nitrogens is 5. The molecule has 2 heterocycles. The van der Waals surface area contributed by atoms with Gasteiger partial charge in [0.1, 0.15) is 5.82 Å². The summed E-state index contributed by atoms with van der Waals surface area (Å²) in [5.41, 5.74) is 8.03. The zero-order valence-corrected chi connectivity index (χ0v) is 15.0. The zero-order chi connectivity index (χ0) is 17.8. The average Bonchev–Trinajstić information content (AvgIpc) is 2.94. The number of nitrogens with zero attached hydrogens (tertiary/aromatic N) is 4. The van der Waals surface area contributed by atoms with E-state index in [1.54, 1.807) is 6.92 Å². The van der Waals surface area contributed by atoms with E-state index in [1.807, 2.05) is 41.9 Å². The van der Waals surface area contributed by atoms with Crippen LogP contribution in [0, 0.1) is 6.92 Å². The quantitative estimate of drug-likeness (QED) is 0.652. The Hall–Kier alpha value is -2.45. The predicted octanol–water partition coefficient (Wildman–Crippen LogP) is 1.74. The van der Waals surface area contributed by atoms with E-state index in [9.17, 15) is 4.79 Å². The second-order valence-electron chi connectivity index (χ2n) is 5.81. The van der Waals surface area contributed by atoms with Crippen molar-refractivity contribution in [2.75, 3.05) is 0 Å². The predicted molar refractivity (Wildman–Crippen MR) is 97.2 cm³/mol. The Morgan fingerprint density at radius 3 is 2.76 bits per heavy atom. The van der Waals surface area contributed by atoms with Crippen molar-refractivity contribution in [1.29, 1.82) is 0 Å². The lowest BCUT2D eigenvalue weighted by atomic mass is 10.1. The smallest absolute Gasteiger partial charge is 0.251 e. The molecule has 2 aromatic heterocycles. The van der Waals surface area contributed by atoms with Crippen molar-refractivity contribution in [1.82, 2.24) is 24.7 Å². The van der Waals surface area contributed by atoms with Gasteiger partial charge in [-0.05, 0) is 18.9 Å². The number of hydrogen-bond donors (Lipinski definition) is 2. The second-order valence-corrected chi connectivity index (χ2v) is 6.75. The van der Waals surface area contributed by atoms with Crippen LogP contribution in [-0.4, -0.2) is 24.7 Å². The van der Waals surface area contributed by atoms with Gasteiger partial charge in [0.2, 0.25) is 0 Å². The van der Waals surface area contributed by atoms with Crippen molar-refractivity contribution < 1.29 is 0 Å². The van der Waals surface area contributed by atoms with Gasteiger partial charge in [-0.25, -0.2) is 4.98 Å². The van der Waals surface area contributed by atoms with Crippen molar-refractivity contribution in [3.63, 3.8) is 0 Å². The molecular formula is C17H20N6OS. The van der Waals surface area contributed by atoms with Gasteiger partial charge in [-0.1, -0.05) is 42.1 Å². The van der Waals surface area contributed by atoms with E-state index < -0.39 is 0 Å². The number of H-pyrrole nitrogens is 1. The standard InChI is InChI=1S/C17H20N6OS/c1-11-19-13(9-15(24)20-11)10-25-17-22-21-16(23(17)2)14(18)8-12-6-4-3-5-7-12/h3-7,9,14H,8,10,18H2,1-2H3,(H,19,20,24). The van der Waals surface area contributed by atoms with Gasteiger partial charge in [0, 0.05) is 18.9 Å². The van der Waals surface area contributed by atoms with E-state index in [1.165, 1.54) is 17.8 Å². The molecule has 3 aromatic rings. The van der Waals surface area contributed by atoms with E-state index in [4.69, 9.17) is 5.73 Å². The maximum absolute atomic E-state index is 11.5. The third-order valence-corrected chi connectivity index (χ3v) is 4.81. The van der Waals surface area contributed by atoms with Gasteiger partial charge in [0.05, 0.1) is 11.7 Å². The van der Waals surface area contributed by atoms with Gasteiger partial charge in [-0.15, -0.1) is 10.2 Å². The fourth-order valence-electron chi connectivity index (χ4n) is 2.59. The fourth-order valence-corrected chi connectivity index (χ4v) is 3.40. The summed E-state index contributed by atoms with van der Waals surface area (Å²) in [7, 11) is 1.90. The molecule has 0 saturated carbocycles. The van der Waals surface area contributed by atoms with Gasteiger partial charge >= 0.3 is 0 Å². The first-order chi connectivity index (χ1) is 12.0. The molecule has 0 aliphatic heterocycles. The molecular weight excluding hydrogens is 336 g/mol. The van der Waals surface area contributed by atoms with Gasteiger partial charge in [-0.2, -0.15) is 0 Å². The molecule has 7 nitrogen and oxygen atoms in total. The number of benzene rings is 1. The van der Waals surface area contributed by atoms with Crippen LogP contribution in [0.15, 0.2) is 46.3 Å². The molecule has 0 fully saturated rings. The summed E-state index contributed by atoms with van der Waals surface area (Å²) in [6.07, 6.45) is 0.701. The lowest BCUT2D eigenvalue weighted by molar-refractivity contribution is 0.616. The summed E-state index contributed by atoms with van der Waals surface area (Å²) in [6, 6.07) is 11.3. The number of hydrogen-bond acceptors (Lipinski definition) is 6. The number of rotatable bonds is 6. The van der Waals surface area contributed by atoms with E-state index >= 15 is 0 Å². The summed E-state index contributed by atoms with van der Waals surface area (Å²) < 4.78 is 1.90. The number of thioether (sulfide) groups is 1. The molecule has 0 bridgehead atoms. The summed E-state index contributed by atoms with van der Waals surface area (Å²) in [6.45, 7) is 1.76. The monoisotopic (exact) mass is 356 g/mol. The lowest BCUT2D eigenvalue weighted by Gasteiger charge is -2.11. The highest BCUT2D eigenvalue weighted by Gasteiger charge is 2.17. The van der Waals surface area contributed by atoms with Gasteiger partial charge < -0.3 is 15.3 Å². The molecule has 0 aliphatic carbocycles. The fraction of sp³-hybridized carbons (Fsp3) is 0.294. The molecule has 3 N–H and O–H groups in total. The van der Waals surface area contributed by atoms with Gasteiger partial charge in [0.15, 0.2) is 11.0 Å². The summed E-state index contributed by atoms with van der Waals surface area (Å²) in [5.74, 6) is 1.89. The normalized spacial score (nSPS) is 12.3. The molecule has 1 aromatic carbocycles. The molecule has 0 spiro atoms. The Balaban J connectivity index is 1.69. The second kappa shape index (κ2) is 7.62. The summed E-state index contributed by atoms with van der Waals surface area (Å²) >= 11 is 1.48. The van der Waals surface area contributed by atoms with Crippen LogP contribution in [0.2, 0.25) is 0 Å². The third kappa shape index (κ3) is 4.34. The number of nitrogens with two attached hydrogens (primary N) is 1. The highest BCUT2D eigenvalue weighted by molar-refractivity contribution is 7.98. The van der Waals surface area contributed by atoms with Crippen LogP contribution in [0.5, 0.6) is 0 Å². The van der Waals surface area contributed by atoms with Crippen LogP contribution in [-0.2, 0) is 19.2 Å². The van der Waals surface area contributed by atoms with E-state index in [0.717, 1.165) is 16.5 Å². The van der Waals surface area contributed by atoms with Crippen LogP contribution >= 0.6 is 11.8 Å². The molecule has 1 unspecified atom stereocenters. The molecule has 8 heteroatoms. The first-order valence-electron chi connectivity index (χ1n) is 7.91. The first-order valence-corrected chi connectivity index (χ1v) is 8.90. The Labute approximate surface area is 149 Å². The van der Waals surface area contributed by atoms with E-state index in [2.05, 4.69) is 20.2 Å². The minimum Gasteiger partial charge on any atom is -0.321 e. The lowest BCUT2D eigenvalue weighted by Crippen LogP contribution is -2.18. The van der Waals surface area contributed by atoms with Crippen LogP contribution in [0.1, 0.15) is 28.9 Å². The molecule has 3 rings (SSSR count). The van der Waals surface area contributed by atoms with Gasteiger partial charge in [-0.3, -0.25) is 4.79 Å². The van der Waals surface area contributed by atoms with Crippen LogP contribution in [0.25, 0.3) is 0 Å². The van der Waals surface area contributed by atoms with Gasteiger partial charge in [0.25, 0.3) is 5.56 Å². The number of aryl methyl sites for hydroxylation is 1. The largest absolute Gasteiger partial charge is 0.321 e. The van der Waals surface area contributed by atoms with Crippen LogP contribution in [0.3, 0.4) is 0 Å².